The summed E-state index contributed by atoms with van der Waals surface area (Å²) in [6, 6.07) is 13.0. The number of nitrogens with one attached hydrogen (secondary N) is 1. The summed E-state index contributed by atoms with van der Waals surface area (Å²) >= 11 is 4.29. The van der Waals surface area contributed by atoms with E-state index in [4.69, 9.17) is 9.47 Å². The standard InChI is InChI=1S/C20H18I2N2O3/c1-3-26-18-11-13(10-16(22)19(18)27-4-2)9-14(12-23)20(25)24-17-8-6-5-7-15(17)21/h5-11H,3-4H2,1-2H3,(H,24,25)/b14-9-. The summed E-state index contributed by atoms with van der Waals surface area (Å²) in [5.41, 5.74) is 1.37. The lowest BCUT2D eigenvalue weighted by Gasteiger charge is -2.13. The van der Waals surface area contributed by atoms with Crippen molar-refractivity contribution in [3.05, 3.63) is 54.7 Å². The second-order valence-electron chi connectivity index (χ2n) is 5.30. The molecule has 7 heteroatoms. The molecule has 0 bridgehead atoms. The molecule has 0 aliphatic rings. The Labute approximate surface area is 186 Å². The molecule has 27 heavy (non-hydrogen) atoms. The second kappa shape index (κ2) is 10.5. The van der Waals surface area contributed by atoms with Gasteiger partial charge >= 0.3 is 0 Å². The van der Waals surface area contributed by atoms with Crippen molar-refractivity contribution in [2.24, 2.45) is 0 Å². The molecule has 0 atom stereocenters. The molecule has 0 unspecified atom stereocenters. The average Bonchev–Trinajstić information content (AvgIpc) is 2.64. The largest absolute Gasteiger partial charge is 0.490 e. The molecule has 0 aliphatic heterocycles. The molecule has 0 spiro atoms. The number of anilines is 1. The van der Waals surface area contributed by atoms with Crippen molar-refractivity contribution in [3.63, 3.8) is 0 Å². The Hall–Kier alpha value is -1.80. The molecular weight excluding hydrogens is 570 g/mol. The lowest BCUT2D eigenvalue weighted by Crippen LogP contribution is -2.14. The van der Waals surface area contributed by atoms with Gasteiger partial charge in [-0.05, 0) is 94.9 Å². The normalized spacial score (nSPS) is 10.9. The minimum atomic E-state index is -0.455. The van der Waals surface area contributed by atoms with Crippen LogP contribution < -0.4 is 14.8 Å². The maximum atomic E-state index is 12.5. The summed E-state index contributed by atoms with van der Waals surface area (Å²) in [7, 11) is 0. The SMILES string of the molecule is CCOc1cc(/C=C(/C#N)C(=O)Nc2ccccc2I)cc(I)c1OCC. The third-order valence-corrected chi connectivity index (χ3v) is 5.16. The van der Waals surface area contributed by atoms with Gasteiger partial charge in [0.15, 0.2) is 11.5 Å². The van der Waals surface area contributed by atoms with Crippen LogP contribution in [0.15, 0.2) is 42.0 Å². The minimum Gasteiger partial charge on any atom is -0.490 e. The van der Waals surface area contributed by atoms with Crippen LogP contribution in [0.3, 0.4) is 0 Å². The number of halogens is 2. The number of benzene rings is 2. The van der Waals surface area contributed by atoms with E-state index in [2.05, 4.69) is 50.5 Å². The molecule has 2 rings (SSSR count). The van der Waals surface area contributed by atoms with Gasteiger partial charge in [-0.3, -0.25) is 4.79 Å². The molecule has 0 fully saturated rings. The zero-order chi connectivity index (χ0) is 19.8. The number of carbonyl (C=O) groups excluding carboxylic acids is 1. The molecule has 0 saturated heterocycles. The smallest absolute Gasteiger partial charge is 0.266 e. The zero-order valence-electron chi connectivity index (χ0n) is 14.9. The van der Waals surface area contributed by atoms with Gasteiger partial charge < -0.3 is 14.8 Å². The number of ether oxygens (including phenoxy) is 2. The molecular formula is C20H18I2N2O3. The van der Waals surface area contributed by atoms with Gasteiger partial charge in [0.2, 0.25) is 0 Å². The molecule has 1 amide bonds. The third-order valence-electron chi connectivity index (χ3n) is 3.42. The highest BCUT2D eigenvalue weighted by Crippen LogP contribution is 2.35. The number of hydrogen-bond donors (Lipinski definition) is 1. The van der Waals surface area contributed by atoms with Gasteiger partial charge in [-0.15, -0.1) is 0 Å². The van der Waals surface area contributed by atoms with E-state index >= 15 is 0 Å². The van der Waals surface area contributed by atoms with E-state index in [0.717, 1.165) is 7.14 Å². The number of nitriles is 1. The summed E-state index contributed by atoms with van der Waals surface area (Å²) in [5.74, 6) is 0.801. The summed E-state index contributed by atoms with van der Waals surface area (Å²) < 4.78 is 13.0. The second-order valence-corrected chi connectivity index (χ2v) is 7.62. The van der Waals surface area contributed by atoms with Crippen LogP contribution in [0.5, 0.6) is 11.5 Å². The van der Waals surface area contributed by atoms with Crippen molar-refractivity contribution in [1.29, 1.82) is 5.26 Å². The molecule has 5 nitrogen and oxygen atoms in total. The Morgan fingerprint density at radius 2 is 1.85 bits per heavy atom. The average molecular weight is 588 g/mol. The van der Waals surface area contributed by atoms with Crippen LogP contribution in [0.1, 0.15) is 19.4 Å². The van der Waals surface area contributed by atoms with Crippen LogP contribution in [0.4, 0.5) is 5.69 Å². The predicted octanol–water partition coefficient (Wildman–Crippen LogP) is 5.24. The van der Waals surface area contributed by atoms with Gasteiger partial charge in [0, 0.05) is 3.57 Å². The fourth-order valence-electron chi connectivity index (χ4n) is 2.29. The first-order chi connectivity index (χ1) is 13.0. The Kier molecular flexibility index (Phi) is 8.37. The molecule has 0 heterocycles. The summed E-state index contributed by atoms with van der Waals surface area (Å²) in [4.78, 5) is 12.5. The summed E-state index contributed by atoms with van der Waals surface area (Å²) in [6.07, 6.45) is 1.55. The highest BCUT2D eigenvalue weighted by Gasteiger charge is 2.14. The first kappa shape index (κ1) is 21.5. The monoisotopic (exact) mass is 588 g/mol. The van der Waals surface area contributed by atoms with E-state index in [1.165, 1.54) is 0 Å². The lowest BCUT2D eigenvalue weighted by atomic mass is 10.1. The summed E-state index contributed by atoms with van der Waals surface area (Å²) in [5, 5.41) is 12.2. The van der Waals surface area contributed by atoms with Crippen LogP contribution in [-0.2, 0) is 4.79 Å². The quantitative estimate of drug-likeness (QED) is 0.273. The Morgan fingerprint density at radius 3 is 2.48 bits per heavy atom. The van der Waals surface area contributed by atoms with E-state index in [1.54, 1.807) is 18.2 Å². The van der Waals surface area contributed by atoms with Gasteiger partial charge in [0.05, 0.1) is 22.5 Å². The first-order valence-electron chi connectivity index (χ1n) is 8.26. The number of nitrogens with zero attached hydrogens (tertiary/aromatic N) is 1. The molecule has 0 aliphatic carbocycles. The number of hydrogen-bond acceptors (Lipinski definition) is 4. The van der Waals surface area contributed by atoms with Crippen LogP contribution in [0, 0.1) is 18.5 Å². The van der Waals surface area contributed by atoms with Crippen LogP contribution in [0.2, 0.25) is 0 Å². The maximum absolute atomic E-state index is 12.5. The van der Waals surface area contributed by atoms with Crippen molar-refractivity contribution in [2.45, 2.75) is 13.8 Å². The van der Waals surface area contributed by atoms with E-state index in [0.29, 0.717) is 36.0 Å². The number of para-hydroxylation sites is 1. The predicted molar refractivity (Wildman–Crippen MR) is 123 cm³/mol. The minimum absolute atomic E-state index is 0.0112. The molecule has 0 saturated carbocycles. The van der Waals surface area contributed by atoms with Crippen LogP contribution in [-0.4, -0.2) is 19.1 Å². The van der Waals surface area contributed by atoms with Gasteiger partial charge in [0.1, 0.15) is 11.6 Å². The molecule has 0 radical (unpaired) electrons. The van der Waals surface area contributed by atoms with Gasteiger partial charge in [-0.25, -0.2) is 0 Å². The van der Waals surface area contributed by atoms with Gasteiger partial charge in [0.25, 0.3) is 5.91 Å². The van der Waals surface area contributed by atoms with Crippen LogP contribution >= 0.6 is 45.2 Å². The Bertz CT molecular complexity index is 905. The Balaban J connectivity index is 2.35. The fourth-order valence-corrected chi connectivity index (χ4v) is 3.59. The number of carbonyl (C=O) groups is 1. The van der Waals surface area contributed by atoms with Crippen molar-refractivity contribution in [3.8, 4) is 17.6 Å². The topological polar surface area (TPSA) is 71.3 Å². The van der Waals surface area contributed by atoms with E-state index in [1.807, 2.05) is 44.2 Å². The van der Waals surface area contributed by atoms with Crippen molar-refractivity contribution in [2.75, 3.05) is 18.5 Å². The molecule has 1 N–H and O–H groups in total. The first-order valence-corrected chi connectivity index (χ1v) is 10.4. The zero-order valence-corrected chi connectivity index (χ0v) is 19.2. The highest BCUT2D eigenvalue weighted by atomic mass is 127. The molecule has 2 aromatic rings. The van der Waals surface area contributed by atoms with Gasteiger partial charge in [-0.1, -0.05) is 12.1 Å². The lowest BCUT2D eigenvalue weighted by molar-refractivity contribution is -0.112. The van der Waals surface area contributed by atoms with Crippen molar-refractivity contribution in [1.82, 2.24) is 0 Å². The maximum Gasteiger partial charge on any atom is 0.266 e. The van der Waals surface area contributed by atoms with E-state index < -0.39 is 5.91 Å². The Morgan fingerprint density at radius 1 is 1.15 bits per heavy atom. The van der Waals surface area contributed by atoms with E-state index in [-0.39, 0.29) is 5.57 Å². The fraction of sp³-hybridized carbons (Fsp3) is 0.200. The van der Waals surface area contributed by atoms with E-state index in [9.17, 15) is 10.1 Å². The summed E-state index contributed by atoms with van der Waals surface area (Å²) in [6.45, 7) is 4.80. The molecule has 0 aromatic heterocycles. The molecule has 2 aromatic carbocycles. The number of rotatable bonds is 7. The third kappa shape index (κ3) is 5.84. The van der Waals surface area contributed by atoms with Crippen molar-refractivity contribution >= 4 is 62.9 Å². The molecule has 140 valence electrons. The van der Waals surface area contributed by atoms with Crippen LogP contribution in [0.25, 0.3) is 6.08 Å². The van der Waals surface area contributed by atoms with Crippen molar-refractivity contribution < 1.29 is 14.3 Å². The number of amides is 1. The highest BCUT2D eigenvalue weighted by molar-refractivity contribution is 14.1. The van der Waals surface area contributed by atoms with Gasteiger partial charge in [-0.2, -0.15) is 5.26 Å².